The molecule has 0 saturated heterocycles. The number of rotatable bonds is 14. The van der Waals surface area contributed by atoms with Gasteiger partial charge in [0.2, 0.25) is 0 Å². The van der Waals surface area contributed by atoms with Gasteiger partial charge in [-0.3, -0.25) is 5.32 Å². The smallest absolute Gasteiger partial charge is 0.106 e. The monoisotopic (exact) mass is 300 g/mol. The minimum atomic E-state index is -0.416. The Hall–Kier alpha value is -0.670. The molecule has 0 amide bonds. The molecule has 1 unspecified atom stereocenters. The predicted octanol–water partition coefficient (Wildman–Crippen LogP) is 2.51. The van der Waals surface area contributed by atoms with E-state index in [0.29, 0.717) is 39.1 Å². The molecule has 0 bridgehead atoms. The van der Waals surface area contributed by atoms with Crippen LogP contribution in [0.1, 0.15) is 46.5 Å². The van der Waals surface area contributed by atoms with Crippen LogP contribution in [-0.2, 0) is 14.2 Å². The Bertz CT molecular complexity index is 279. The molecule has 0 aliphatic heterocycles. The zero-order valence-electron chi connectivity index (χ0n) is 14.1. The second-order valence-electron chi connectivity index (χ2n) is 5.52. The molecule has 0 aromatic rings. The maximum Gasteiger partial charge on any atom is 0.106 e. The van der Waals surface area contributed by atoms with Gasteiger partial charge in [-0.25, -0.2) is 0 Å². The number of hydrogen-bond donors (Lipinski definition) is 1. The van der Waals surface area contributed by atoms with Gasteiger partial charge in [-0.05, 0) is 39.5 Å². The molecule has 0 spiro atoms. The van der Waals surface area contributed by atoms with E-state index in [1.165, 1.54) is 0 Å². The van der Waals surface area contributed by atoms with Crippen LogP contribution in [0.2, 0.25) is 0 Å². The Balaban J connectivity index is 3.61. The zero-order valence-corrected chi connectivity index (χ0v) is 14.1. The lowest BCUT2D eigenvalue weighted by atomic mass is 9.91. The highest BCUT2D eigenvalue weighted by Crippen LogP contribution is 2.17. The van der Waals surface area contributed by atoms with Crippen molar-refractivity contribution in [2.75, 3.05) is 40.1 Å². The predicted molar refractivity (Wildman–Crippen MR) is 84.3 cm³/mol. The van der Waals surface area contributed by atoms with Crippen molar-refractivity contribution in [3.8, 4) is 6.07 Å². The zero-order chi connectivity index (χ0) is 16.0. The van der Waals surface area contributed by atoms with Crippen molar-refractivity contribution in [2.45, 2.75) is 58.0 Å². The third kappa shape index (κ3) is 10.7. The van der Waals surface area contributed by atoms with E-state index in [1.807, 2.05) is 0 Å². The van der Waals surface area contributed by atoms with Crippen molar-refractivity contribution in [1.29, 1.82) is 5.26 Å². The number of nitriles is 1. The number of nitrogens with zero attached hydrogens (tertiary/aromatic N) is 1. The fourth-order valence-electron chi connectivity index (χ4n) is 2.16. The average molecular weight is 300 g/mol. The molecule has 0 aromatic heterocycles. The molecule has 1 N–H and O–H groups in total. The molecule has 21 heavy (non-hydrogen) atoms. The van der Waals surface area contributed by atoms with E-state index in [4.69, 9.17) is 14.2 Å². The molecule has 0 saturated carbocycles. The highest BCUT2D eigenvalue weighted by atomic mass is 16.5. The molecular weight excluding hydrogens is 268 g/mol. The Labute approximate surface area is 129 Å². The van der Waals surface area contributed by atoms with Crippen LogP contribution in [0, 0.1) is 11.3 Å². The van der Waals surface area contributed by atoms with E-state index < -0.39 is 5.54 Å². The first-order valence-corrected chi connectivity index (χ1v) is 7.93. The summed E-state index contributed by atoms with van der Waals surface area (Å²) in [5, 5.41) is 12.8. The lowest BCUT2D eigenvalue weighted by molar-refractivity contribution is 0.0502. The first kappa shape index (κ1) is 20.3. The maximum atomic E-state index is 9.39. The van der Waals surface area contributed by atoms with Crippen LogP contribution in [0.5, 0.6) is 0 Å². The summed E-state index contributed by atoms with van der Waals surface area (Å²) in [7, 11) is 1.66. The van der Waals surface area contributed by atoms with Gasteiger partial charge in [0.1, 0.15) is 5.54 Å². The topological polar surface area (TPSA) is 63.5 Å². The molecule has 5 nitrogen and oxygen atoms in total. The Morgan fingerprint density at radius 1 is 1.05 bits per heavy atom. The summed E-state index contributed by atoms with van der Waals surface area (Å²) in [6.45, 7) is 9.57. The molecule has 5 heteroatoms. The summed E-state index contributed by atoms with van der Waals surface area (Å²) in [6, 6.07) is 2.74. The third-order valence-electron chi connectivity index (χ3n) is 3.28. The molecule has 0 aliphatic carbocycles. The van der Waals surface area contributed by atoms with Crippen molar-refractivity contribution in [1.82, 2.24) is 5.32 Å². The van der Waals surface area contributed by atoms with Gasteiger partial charge in [0.05, 0.1) is 19.3 Å². The van der Waals surface area contributed by atoms with Crippen molar-refractivity contribution in [3.05, 3.63) is 0 Å². The van der Waals surface area contributed by atoms with Crippen LogP contribution in [-0.4, -0.2) is 51.7 Å². The number of ether oxygens (including phenoxy) is 3. The minimum absolute atomic E-state index is 0.315. The minimum Gasteiger partial charge on any atom is -0.382 e. The van der Waals surface area contributed by atoms with Gasteiger partial charge in [0.25, 0.3) is 0 Å². The molecule has 0 aliphatic rings. The van der Waals surface area contributed by atoms with Crippen molar-refractivity contribution < 1.29 is 14.2 Å². The summed E-state index contributed by atoms with van der Waals surface area (Å²) in [4.78, 5) is 0. The highest BCUT2D eigenvalue weighted by Gasteiger charge is 2.27. The number of methoxy groups -OCH3 is 1. The fraction of sp³-hybridized carbons (Fsp3) is 0.938. The Morgan fingerprint density at radius 2 is 1.67 bits per heavy atom. The van der Waals surface area contributed by atoms with Gasteiger partial charge < -0.3 is 14.2 Å². The second-order valence-corrected chi connectivity index (χ2v) is 5.52. The number of nitrogens with one attached hydrogen (secondary N) is 1. The van der Waals surface area contributed by atoms with Crippen LogP contribution in [0.3, 0.4) is 0 Å². The van der Waals surface area contributed by atoms with E-state index in [1.54, 1.807) is 7.11 Å². The summed E-state index contributed by atoms with van der Waals surface area (Å²) < 4.78 is 15.8. The summed E-state index contributed by atoms with van der Waals surface area (Å²) >= 11 is 0. The highest BCUT2D eigenvalue weighted by molar-refractivity contribution is 5.06. The second kappa shape index (κ2) is 13.0. The largest absolute Gasteiger partial charge is 0.382 e. The number of hydrogen-bond acceptors (Lipinski definition) is 5. The standard InChI is InChI=1S/C16H32N2O3/c1-5-16(14-17,18-15(2)3)8-6-9-20-10-7-11-21-13-12-19-4/h15,18H,5-13H2,1-4H3. The summed E-state index contributed by atoms with van der Waals surface area (Å²) in [6.07, 6.45) is 3.42. The lowest BCUT2D eigenvalue weighted by Gasteiger charge is -2.29. The van der Waals surface area contributed by atoms with E-state index in [-0.39, 0.29) is 0 Å². The van der Waals surface area contributed by atoms with Crippen LogP contribution in [0.25, 0.3) is 0 Å². The van der Waals surface area contributed by atoms with E-state index in [0.717, 1.165) is 25.7 Å². The molecule has 0 radical (unpaired) electrons. The van der Waals surface area contributed by atoms with E-state index in [9.17, 15) is 5.26 Å². The molecule has 0 heterocycles. The molecule has 0 rings (SSSR count). The molecule has 0 fully saturated rings. The van der Waals surface area contributed by atoms with Crippen LogP contribution in [0.4, 0.5) is 0 Å². The Morgan fingerprint density at radius 3 is 2.19 bits per heavy atom. The molecule has 124 valence electrons. The fourth-order valence-corrected chi connectivity index (χ4v) is 2.16. The van der Waals surface area contributed by atoms with Gasteiger partial charge >= 0.3 is 0 Å². The summed E-state index contributed by atoms with van der Waals surface area (Å²) in [5.74, 6) is 0. The van der Waals surface area contributed by atoms with Crippen molar-refractivity contribution in [3.63, 3.8) is 0 Å². The molecule has 0 aromatic carbocycles. The average Bonchev–Trinajstić information content (AvgIpc) is 2.47. The normalized spacial score (nSPS) is 14.1. The van der Waals surface area contributed by atoms with Crippen LogP contribution in [0.15, 0.2) is 0 Å². The van der Waals surface area contributed by atoms with E-state index >= 15 is 0 Å². The third-order valence-corrected chi connectivity index (χ3v) is 3.28. The maximum absolute atomic E-state index is 9.39. The van der Waals surface area contributed by atoms with Crippen molar-refractivity contribution >= 4 is 0 Å². The van der Waals surface area contributed by atoms with Gasteiger partial charge in [-0.1, -0.05) is 6.92 Å². The SMILES string of the molecule is CCC(C#N)(CCCOCCCOCCOC)NC(C)C. The van der Waals surface area contributed by atoms with Gasteiger partial charge in [0, 0.05) is 33.0 Å². The van der Waals surface area contributed by atoms with E-state index in [2.05, 4.69) is 32.2 Å². The first-order chi connectivity index (χ1) is 10.1. The summed E-state index contributed by atoms with van der Waals surface area (Å²) in [5.41, 5.74) is -0.416. The Kier molecular flexibility index (Phi) is 12.6. The van der Waals surface area contributed by atoms with Crippen LogP contribution < -0.4 is 5.32 Å². The van der Waals surface area contributed by atoms with Crippen LogP contribution >= 0.6 is 0 Å². The van der Waals surface area contributed by atoms with Gasteiger partial charge in [0.15, 0.2) is 0 Å². The lowest BCUT2D eigenvalue weighted by Crippen LogP contribution is -2.47. The van der Waals surface area contributed by atoms with Gasteiger partial charge in [-0.15, -0.1) is 0 Å². The van der Waals surface area contributed by atoms with Gasteiger partial charge in [-0.2, -0.15) is 5.26 Å². The molecular formula is C16H32N2O3. The van der Waals surface area contributed by atoms with Crippen molar-refractivity contribution in [2.24, 2.45) is 0 Å². The first-order valence-electron chi connectivity index (χ1n) is 7.93. The molecule has 1 atom stereocenters. The quantitative estimate of drug-likeness (QED) is 0.499.